The Morgan fingerprint density at radius 1 is 0.723 bits per heavy atom. The molecule has 0 fully saturated rings. The van der Waals surface area contributed by atoms with Gasteiger partial charge in [-0.2, -0.15) is 13.2 Å². The van der Waals surface area contributed by atoms with Crippen LogP contribution in [0.3, 0.4) is 0 Å². The lowest BCUT2D eigenvalue weighted by Crippen LogP contribution is -2.33. The average molecular weight is 659 g/mol. The third-order valence-corrected chi connectivity index (χ3v) is 7.88. The third kappa shape index (κ3) is 12.7. The van der Waals surface area contributed by atoms with Crippen LogP contribution < -0.4 is 9.47 Å². The molecular formula is C38H46F4O5. The molecule has 0 saturated carbocycles. The van der Waals surface area contributed by atoms with Gasteiger partial charge in [0.2, 0.25) is 0 Å². The Kier molecular flexibility index (Phi) is 15.8. The van der Waals surface area contributed by atoms with Gasteiger partial charge in [0.25, 0.3) is 0 Å². The van der Waals surface area contributed by atoms with Crippen molar-refractivity contribution in [2.75, 3.05) is 6.61 Å². The molecule has 3 aromatic carbocycles. The van der Waals surface area contributed by atoms with Crippen LogP contribution in [0.4, 0.5) is 17.6 Å². The highest BCUT2D eigenvalue weighted by atomic mass is 19.4. The summed E-state index contributed by atoms with van der Waals surface area (Å²) in [5, 5.41) is 0. The molecule has 0 N–H and O–H groups in total. The second kappa shape index (κ2) is 19.7. The molecule has 0 aliphatic heterocycles. The topological polar surface area (TPSA) is 61.8 Å². The number of hydrogen-bond acceptors (Lipinski definition) is 5. The minimum Gasteiger partial charge on any atom is -0.494 e. The predicted molar refractivity (Wildman–Crippen MR) is 175 cm³/mol. The van der Waals surface area contributed by atoms with Gasteiger partial charge in [0.1, 0.15) is 5.75 Å². The van der Waals surface area contributed by atoms with Crippen molar-refractivity contribution >= 4 is 11.9 Å². The van der Waals surface area contributed by atoms with Crippen LogP contribution in [0.2, 0.25) is 0 Å². The number of rotatable bonds is 20. The fraction of sp³-hybridized carbons (Fsp3) is 0.474. The number of carbonyl (C=O) groups is 2. The summed E-state index contributed by atoms with van der Waals surface area (Å²) in [4.78, 5) is 25.6. The fourth-order valence-corrected chi connectivity index (χ4v) is 5.18. The first-order valence-electron chi connectivity index (χ1n) is 16.8. The Morgan fingerprint density at radius 3 is 1.98 bits per heavy atom. The number of alkyl halides is 3. The van der Waals surface area contributed by atoms with Crippen LogP contribution >= 0.6 is 0 Å². The summed E-state index contributed by atoms with van der Waals surface area (Å²) in [6.07, 6.45) is 4.76. The van der Waals surface area contributed by atoms with Crippen molar-refractivity contribution in [1.29, 1.82) is 0 Å². The van der Waals surface area contributed by atoms with E-state index >= 15 is 0 Å². The molecule has 0 aliphatic carbocycles. The van der Waals surface area contributed by atoms with Crippen LogP contribution in [0.25, 0.3) is 11.1 Å². The van der Waals surface area contributed by atoms with Crippen LogP contribution in [-0.4, -0.2) is 30.8 Å². The van der Waals surface area contributed by atoms with Crippen molar-refractivity contribution < 1.29 is 41.4 Å². The number of unbranched alkanes of at least 4 members (excludes halogenated alkanes) is 10. The monoisotopic (exact) mass is 658 g/mol. The first-order chi connectivity index (χ1) is 22.6. The molecule has 0 radical (unpaired) electrons. The van der Waals surface area contributed by atoms with Crippen LogP contribution in [0.1, 0.15) is 118 Å². The molecule has 0 heterocycles. The normalized spacial score (nSPS) is 12.0. The number of halogens is 4. The predicted octanol–water partition coefficient (Wildman–Crippen LogP) is 11.3. The molecule has 5 nitrogen and oxygen atoms in total. The molecule has 47 heavy (non-hydrogen) atoms. The van der Waals surface area contributed by atoms with Crippen molar-refractivity contribution in [3.05, 3.63) is 83.7 Å². The van der Waals surface area contributed by atoms with E-state index in [9.17, 15) is 27.2 Å². The van der Waals surface area contributed by atoms with Gasteiger partial charge < -0.3 is 14.2 Å². The highest BCUT2D eigenvalue weighted by molar-refractivity contribution is 5.98. The van der Waals surface area contributed by atoms with Crippen molar-refractivity contribution in [3.63, 3.8) is 0 Å². The summed E-state index contributed by atoms with van der Waals surface area (Å²) in [5.41, 5.74) is 1.05. The van der Waals surface area contributed by atoms with Crippen LogP contribution in [0.5, 0.6) is 11.5 Å². The van der Waals surface area contributed by atoms with E-state index in [1.54, 1.807) is 24.3 Å². The largest absolute Gasteiger partial charge is 0.494 e. The van der Waals surface area contributed by atoms with E-state index in [4.69, 9.17) is 14.2 Å². The standard InChI is InChI=1S/C38H46F4O5/c1-3-5-7-9-10-11-12-16-26-45-30-23-20-28(21-24-30)31-17-14-15-18-32(31)37(44)46-34-25-22-29(27-33(34)39)36(43)47-35(38(40,41)42)19-13-8-6-4-2/h14-15,17-18,20-25,27,35H,3-13,16,19,26H2,1-2H3/t35-/m1/s1. The van der Waals surface area contributed by atoms with Gasteiger partial charge in [-0.25, -0.2) is 14.0 Å². The maximum absolute atomic E-state index is 14.9. The van der Waals surface area contributed by atoms with E-state index in [-0.39, 0.29) is 18.4 Å². The summed E-state index contributed by atoms with van der Waals surface area (Å²) >= 11 is 0. The van der Waals surface area contributed by atoms with Crippen molar-refractivity contribution in [1.82, 2.24) is 0 Å². The highest BCUT2D eigenvalue weighted by Crippen LogP contribution is 2.30. The zero-order valence-corrected chi connectivity index (χ0v) is 27.4. The molecule has 0 aromatic heterocycles. The van der Waals surface area contributed by atoms with E-state index in [2.05, 4.69) is 6.92 Å². The second-order valence-electron chi connectivity index (χ2n) is 11.7. The van der Waals surface area contributed by atoms with Crippen molar-refractivity contribution in [3.8, 4) is 22.6 Å². The molecule has 0 bridgehead atoms. The van der Waals surface area contributed by atoms with Crippen molar-refractivity contribution in [2.45, 2.75) is 110 Å². The Hall–Kier alpha value is -3.88. The van der Waals surface area contributed by atoms with Gasteiger partial charge in [0.05, 0.1) is 17.7 Å². The summed E-state index contributed by atoms with van der Waals surface area (Å²) in [7, 11) is 0. The lowest BCUT2D eigenvalue weighted by molar-refractivity contribution is -0.206. The van der Waals surface area contributed by atoms with Gasteiger partial charge in [-0.15, -0.1) is 0 Å². The molecule has 3 aromatic rings. The van der Waals surface area contributed by atoms with Gasteiger partial charge in [-0.1, -0.05) is 108 Å². The van der Waals surface area contributed by atoms with Gasteiger partial charge in [0, 0.05) is 0 Å². The molecular weight excluding hydrogens is 612 g/mol. The van der Waals surface area contributed by atoms with E-state index < -0.39 is 41.3 Å². The number of ether oxygens (including phenoxy) is 3. The number of carbonyl (C=O) groups excluding carboxylic acids is 2. The average Bonchev–Trinajstić information content (AvgIpc) is 3.06. The SMILES string of the molecule is CCCCCCCCCCOc1ccc(-c2ccccc2C(=O)Oc2ccc(C(=O)O[C@H](CCCCCC)C(F)(F)F)cc2F)cc1. The minimum absolute atomic E-state index is 0.180. The Morgan fingerprint density at radius 2 is 1.34 bits per heavy atom. The summed E-state index contributed by atoms with van der Waals surface area (Å²) in [5.74, 6) is -2.99. The maximum Gasteiger partial charge on any atom is 0.425 e. The van der Waals surface area contributed by atoms with Gasteiger partial charge in [0.15, 0.2) is 17.7 Å². The van der Waals surface area contributed by atoms with E-state index in [0.29, 0.717) is 24.7 Å². The van der Waals surface area contributed by atoms with E-state index in [0.717, 1.165) is 49.1 Å². The minimum atomic E-state index is -4.75. The van der Waals surface area contributed by atoms with Crippen LogP contribution in [-0.2, 0) is 4.74 Å². The number of benzene rings is 3. The van der Waals surface area contributed by atoms with Crippen molar-refractivity contribution in [2.24, 2.45) is 0 Å². The maximum atomic E-state index is 14.9. The molecule has 0 amide bonds. The number of hydrogen-bond donors (Lipinski definition) is 0. The Labute approximate surface area is 275 Å². The smallest absolute Gasteiger partial charge is 0.425 e. The first-order valence-corrected chi connectivity index (χ1v) is 16.8. The summed E-state index contributed by atoms with van der Waals surface area (Å²) < 4.78 is 71.1. The lowest BCUT2D eigenvalue weighted by atomic mass is 9.99. The molecule has 1 atom stereocenters. The summed E-state index contributed by atoms with van der Waals surface area (Å²) in [6, 6.07) is 16.8. The first kappa shape index (κ1) is 37.6. The second-order valence-corrected chi connectivity index (χ2v) is 11.7. The zero-order chi connectivity index (χ0) is 34.1. The summed E-state index contributed by atoms with van der Waals surface area (Å²) in [6.45, 7) is 4.77. The zero-order valence-electron chi connectivity index (χ0n) is 27.4. The molecule has 0 aliphatic rings. The molecule has 3 rings (SSSR count). The van der Waals surface area contributed by atoms with Gasteiger partial charge >= 0.3 is 18.1 Å². The number of esters is 2. The van der Waals surface area contributed by atoms with Gasteiger partial charge in [-0.3, -0.25) is 0 Å². The van der Waals surface area contributed by atoms with Crippen LogP contribution in [0.15, 0.2) is 66.7 Å². The molecule has 0 saturated heterocycles. The quantitative estimate of drug-likeness (QED) is 0.0523. The Bertz CT molecular complexity index is 1390. The van der Waals surface area contributed by atoms with Crippen LogP contribution in [0, 0.1) is 5.82 Å². The third-order valence-electron chi connectivity index (χ3n) is 7.88. The van der Waals surface area contributed by atoms with Gasteiger partial charge in [-0.05, 0) is 66.8 Å². The lowest BCUT2D eigenvalue weighted by Gasteiger charge is -2.20. The molecule has 256 valence electrons. The Balaban J connectivity index is 1.58. The molecule has 0 unspecified atom stereocenters. The highest BCUT2D eigenvalue weighted by Gasteiger charge is 2.42. The molecule has 9 heteroatoms. The molecule has 0 spiro atoms. The van der Waals surface area contributed by atoms with E-state index in [1.165, 1.54) is 38.5 Å². The van der Waals surface area contributed by atoms with E-state index in [1.807, 2.05) is 31.2 Å². The fourth-order valence-electron chi connectivity index (χ4n) is 5.18.